The molecule has 1 unspecified atom stereocenters. The minimum atomic E-state index is -0.711. The normalized spacial score (nSPS) is 16.7. The van der Waals surface area contributed by atoms with Crippen molar-refractivity contribution in [2.45, 2.75) is 37.8 Å². The number of aryl methyl sites for hydroxylation is 1. The highest BCUT2D eigenvalue weighted by molar-refractivity contribution is 7.20. The maximum absolute atomic E-state index is 13.2. The number of piperazine rings is 1. The Hall–Kier alpha value is -3.14. The molecule has 1 aromatic heterocycles. The van der Waals surface area contributed by atoms with E-state index < -0.39 is 12.1 Å². The Balaban J connectivity index is 1.37. The van der Waals surface area contributed by atoms with Crippen LogP contribution in [0.25, 0.3) is 10.2 Å². The van der Waals surface area contributed by atoms with E-state index in [1.54, 1.807) is 4.90 Å². The number of fused-ring (bicyclic) bond motifs is 1. The maximum atomic E-state index is 13.2. The van der Waals surface area contributed by atoms with Crippen LogP contribution in [-0.4, -0.2) is 65.7 Å². The summed E-state index contributed by atoms with van der Waals surface area (Å²) in [5, 5.41) is 6.47. The lowest BCUT2D eigenvalue weighted by Gasteiger charge is -2.33. The van der Waals surface area contributed by atoms with Gasteiger partial charge in [0.2, 0.25) is 17.6 Å². The summed E-state index contributed by atoms with van der Waals surface area (Å²) in [4.78, 5) is 45.3. The van der Waals surface area contributed by atoms with E-state index in [1.165, 1.54) is 11.3 Å². The van der Waals surface area contributed by atoms with E-state index >= 15 is 0 Å². The SMILES string of the molecule is NCCC[C@H](NC(=O)C1CN(C(=O)CCc2ccccc2)CCN1)C(=O)c1nc2ccccc2s1. The minimum absolute atomic E-state index is 0.0263. The van der Waals surface area contributed by atoms with Crippen LogP contribution in [0.4, 0.5) is 0 Å². The second-order valence-corrected chi connectivity index (χ2v) is 9.71. The molecule has 2 atom stereocenters. The first-order valence-electron chi connectivity index (χ1n) is 12.0. The number of benzene rings is 2. The summed E-state index contributed by atoms with van der Waals surface area (Å²) in [5.41, 5.74) is 7.56. The molecule has 0 saturated carbocycles. The molecule has 1 aliphatic heterocycles. The smallest absolute Gasteiger partial charge is 0.239 e. The number of ketones is 1. The molecule has 4 N–H and O–H groups in total. The van der Waals surface area contributed by atoms with Crippen LogP contribution in [0.1, 0.15) is 34.6 Å². The third-order valence-electron chi connectivity index (χ3n) is 6.15. The summed E-state index contributed by atoms with van der Waals surface area (Å²) in [6.07, 6.45) is 2.10. The van der Waals surface area contributed by atoms with E-state index in [0.29, 0.717) is 50.3 Å². The van der Waals surface area contributed by atoms with Crippen molar-refractivity contribution in [1.29, 1.82) is 0 Å². The zero-order valence-electron chi connectivity index (χ0n) is 19.6. The molecule has 0 bridgehead atoms. The third kappa shape index (κ3) is 6.50. The van der Waals surface area contributed by atoms with Gasteiger partial charge in [0.25, 0.3) is 0 Å². The van der Waals surface area contributed by atoms with Crippen LogP contribution in [0.2, 0.25) is 0 Å². The number of carbonyl (C=O) groups excluding carboxylic acids is 3. The van der Waals surface area contributed by atoms with Crippen molar-refractivity contribution in [2.75, 3.05) is 26.2 Å². The molecule has 8 nitrogen and oxygen atoms in total. The molecule has 3 aromatic rings. The van der Waals surface area contributed by atoms with E-state index in [2.05, 4.69) is 15.6 Å². The van der Waals surface area contributed by atoms with Crippen molar-refractivity contribution in [2.24, 2.45) is 5.73 Å². The minimum Gasteiger partial charge on any atom is -0.344 e. The van der Waals surface area contributed by atoms with Crippen molar-refractivity contribution in [3.8, 4) is 0 Å². The van der Waals surface area contributed by atoms with Crippen LogP contribution in [0.5, 0.6) is 0 Å². The lowest BCUT2D eigenvalue weighted by Crippen LogP contribution is -2.60. The van der Waals surface area contributed by atoms with Gasteiger partial charge >= 0.3 is 0 Å². The van der Waals surface area contributed by atoms with Crippen molar-refractivity contribution in [3.05, 3.63) is 65.2 Å². The first-order chi connectivity index (χ1) is 17.0. The van der Waals surface area contributed by atoms with Crippen molar-refractivity contribution in [1.82, 2.24) is 20.5 Å². The Labute approximate surface area is 208 Å². The molecule has 2 heterocycles. The summed E-state index contributed by atoms with van der Waals surface area (Å²) < 4.78 is 0.929. The molecule has 1 fully saturated rings. The van der Waals surface area contributed by atoms with Gasteiger partial charge in [-0.2, -0.15) is 0 Å². The van der Waals surface area contributed by atoms with E-state index in [4.69, 9.17) is 5.73 Å². The van der Waals surface area contributed by atoms with Gasteiger partial charge in [-0.25, -0.2) is 4.98 Å². The Kier molecular flexibility index (Phi) is 8.57. The number of amides is 2. The molecular weight excluding hydrogens is 462 g/mol. The summed E-state index contributed by atoms with van der Waals surface area (Å²) in [7, 11) is 0. The highest BCUT2D eigenvalue weighted by Crippen LogP contribution is 2.23. The zero-order valence-corrected chi connectivity index (χ0v) is 20.4. The summed E-state index contributed by atoms with van der Waals surface area (Å²) in [5.74, 6) is -0.472. The molecule has 4 rings (SSSR count). The number of nitrogens with two attached hydrogens (primary N) is 1. The predicted octanol–water partition coefficient (Wildman–Crippen LogP) is 2.14. The average Bonchev–Trinajstić information content (AvgIpc) is 3.34. The van der Waals surface area contributed by atoms with E-state index in [1.807, 2.05) is 54.6 Å². The van der Waals surface area contributed by atoms with Crippen LogP contribution in [-0.2, 0) is 16.0 Å². The first kappa shape index (κ1) is 25.0. The molecule has 2 aromatic carbocycles. The largest absolute Gasteiger partial charge is 0.344 e. The van der Waals surface area contributed by atoms with Gasteiger partial charge in [0, 0.05) is 26.1 Å². The maximum Gasteiger partial charge on any atom is 0.239 e. The molecule has 0 radical (unpaired) electrons. The van der Waals surface area contributed by atoms with Crippen LogP contribution in [0.15, 0.2) is 54.6 Å². The number of nitrogens with zero attached hydrogens (tertiary/aromatic N) is 2. The Morgan fingerprint density at radius 1 is 1.14 bits per heavy atom. The van der Waals surface area contributed by atoms with Crippen LogP contribution in [0, 0.1) is 0 Å². The van der Waals surface area contributed by atoms with Crippen molar-refractivity contribution in [3.63, 3.8) is 0 Å². The number of hydrogen-bond donors (Lipinski definition) is 3. The summed E-state index contributed by atoms with van der Waals surface area (Å²) in [6, 6.07) is 16.2. The van der Waals surface area contributed by atoms with E-state index in [-0.39, 0.29) is 24.1 Å². The number of hydrogen-bond acceptors (Lipinski definition) is 7. The first-order valence-corrected chi connectivity index (χ1v) is 12.8. The van der Waals surface area contributed by atoms with Crippen LogP contribution >= 0.6 is 11.3 Å². The number of rotatable bonds is 10. The summed E-state index contributed by atoms with van der Waals surface area (Å²) >= 11 is 1.33. The fourth-order valence-electron chi connectivity index (χ4n) is 4.20. The molecule has 0 aliphatic carbocycles. The molecule has 2 amide bonds. The van der Waals surface area contributed by atoms with Gasteiger partial charge in [0.15, 0.2) is 5.01 Å². The quantitative estimate of drug-likeness (QED) is 0.373. The Morgan fingerprint density at radius 2 is 1.91 bits per heavy atom. The topological polar surface area (TPSA) is 117 Å². The lowest BCUT2D eigenvalue weighted by atomic mass is 10.1. The predicted molar refractivity (Wildman–Crippen MR) is 137 cm³/mol. The van der Waals surface area contributed by atoms with Gasteiger partial charge in [0.05, 0.1) is 16.3 Å². The van der Waals surface area contributed by atoms with Gasteiger partial charge in [-0.05, 0) is 43.5 Å². The highest BCUT2D eigenvalue weighted by Gasteiger charge is 2.31. The third-order valence-corrected chi connectivity index (χ3v) is 7.20. The standard InChI is InChI=1S/C26H31N5O3S/c27-14-6-10-20(24(33)26-30-19-9-4-5-11-22(19)35-26)29-25(34)21-17-31(16-15-28-21)23(32)13-12-18-7-2-1-3-8-18/h1-5,7-9,11,20-21,28H,6,10,12-17,27H2,(H,29,34)/t20-,21?/m0/s1. The second-order valence-electron chi connectivity index (χ2n) is 8.68. The average molecular weight is 494 g/mol. The second kappa shape index (κ2) is 12.0. The molecule has 1 aliphatic rings. The van der Waals surface area contributed by atoms with Gasteiger partial charge < -0.3 is 21.3 Å². The number of para-hydroxylation sites is 1. The van der Waals surface area contributed by atoms with Crippen molar-refractivity contribution >= 4 is 39.2 Å². The van der Waals surface area contributed by atoms with Gasteiger partial charge in [0.1, 0.15) is 6.04 Å². The van der Waals surface area contributed by atoms with Gasteiger partial charge in [-0.1, -0.05) is 42.5 Å². The van der Waals surface area contributed by atoms with Crippen molar-refractivity contribution < 1.29 is 14.4 Å². The number of Topliss-reactive ketones (excluding diaryl/α,β-unsaturated/α-hetero) is 1. The van der Waals surface area contributed by atoms with Crippen LogP contribution < -0.4 is 16.4 Å². The van der Waals surface area contributed by atoms with Gasteiger partial charge in [-0.3, -0.25) is 14.4 Å². The number of thiazole rings is 1. The molecule has 1 saturated heterocycles. The lowest BCUT2D eigenvalue weighted by molar-refractivity contribution is -0.134. The van der Waals surface area contributed by atoms with Gasteiger partial charge in [-0.15, -0.1) is 11.3 Å². The zero-order chi connectivity index (χ0) is 24.6. The number of nitrogens with one attached hydrogen (secondary N) is 2. The fraction of sp³-hybridized carbons (Fsp3) is 0.385. The van der Waals surface area contributed by atoms with Crippen LogP contribution in [0.3, 0.4) is 0 Å². The number of carbonyl (C=O) groups is 3. The van der Waals surface area contributed by atoms with E-state index in [9.17, 15) is 14.4 Å². The summed E-state index contributed by atoms with van der Waals surface area (Å²) in [6.45, 7) is 1.77. The Morgan fingerprint density at radius 3 is 2.69 bits per heavy atom. The fourth-order valence-corrected chi connectivity index (χ4v) is 5.16. The highest BCUT2D eigenvalue weighted by atomic mass is 32.1. The molecular formula is C26H31N5O3S. The number of aromatic nitrogens is 1. The molecule has 0 spiro atoms. The monoisotopic (exact) mass is 493 g/mol. The van der Waals surface area contributed by atoms with E-state index in [0.717, 1.165) is 15.8 Å². The molecule has 35 heavy (non-hydrogen) atoms. The molecule has 9 heteroatoms. The molecule has 184 valence electrons. The Bertz CT molecular complexity index is 1130.